The molecule has 1 aromatic heterocycles. The molecule has 0 aliphatic rings. The summed E-state index contributed by atoms with van der Waals surface area (Å²) in [4.78, 5) is 26.3. The number of anilines is 1. The molecule has 1 N–H and O–H groups in total. The number of hydrogen-bond acceptors (Lipinski definition) is 6. The number of nitrogens with zero attached hydrogens (tertiary/aromatic N) is 2. The summed E-state index contributed by atoms with van der Waals surface area (Å²) in [5.41, 5.74) is 0.166. The van der Waals surface area contributed by atoms with Crippen LogP contribution < -0.4 is 14.8 Å². The van der Waals surface area contributed by atoms with Crippen LogP contribution in [0.2, 0.25) is 5.15 Å². The van der Waals surface area contributed by atoms with E-state index in [9.17, 15) is 14.9 Å². The minimum absolute atomic E-state index is 0.0895. The quantitative estimate of drug-likeness (QED) is 0.487. The number of non-ortho nitro benzene ring substituents is 1. The number of carbonyl (C=O) groups excluding carboxylic acids is 1. The zero-order valence-corrected chi connectivity index (χ0v) is 13.6. The van der Waals surface area contributed by atoms with Gasteiger partial charge in [0.25, 0.3) is 11.6 Å². The topological polar surface area (TPSA) is 104 Å². The molecular weight excluding hydrogens is 338 g/mol. The Bertz CT molecular complexity index is 769. The maximum atomic E-state index is 12.2. The van der Waals surface area contributed by atoms with Gasteiger partial charge < -0.3 is 14.8 Å². The summed E-state index contributed by atoms with van der Waals surface area (Å²) >= 11 is 5.87. The maximum Gasteiger partial charge on any atom is 0.273 e. The van der Waals surface area contributed by atoms with E-state index in [2.05, 4.69) is 10.3 Å². The first-order valence-electron chi connectivity index (χ1n) is 6.83. The second kappa shape index (κ2) is 7.60. The van der Waals surface area contributed by atoms with Crippen molar-refractivity contribution in [2.75, 3.05) is 12.4 Å². The second-order valence-corrected chi connectivity index (χ2v) is 5.04. The van der Waals surface area contributed by atoms with Gasteiger partial charge in [-0.1, -0.05) is 11.6 Å². The molecule has 0 aliphatic heterocycles. The van der Waals surface area contributed by atoms with Gasteiger partial charge in [-0.3, -0.25) is 14.9 Å². The molecule has 0 fully saturated rings. The summed E-state index contributed by atoms with van der Waals surface area (Å²) in [7, 11) is 1.40. The van der Waals surface area contributed by atoms with Crippen molar-refractivity contribution >= 4 is 28.9 Å². The minimum atomic E-state index is -0.947. The predicted octanol–water partition coefficient (Wildman–Crippen LogP) is 3.06. The van der Waals surface area contributed by atoms with Gasteiger partial charge in [0.2, 0.25) is 0 Å². The van der Waals surface area contributed by atoms with Crippen LogP contribution in [0.1, 0.15) is 6.92 Å². The van der Waals surface area contributed by atoms with Gasteiger partial charge in [0.05, 0.1) is 23.8 Å². The SMILES string of the molecule is COc1ccc([N+](=O)[O-])cc1O[C@@H](C)C(=O)Nc1cccnc1Cl. The van der Waals surface area contributed by atoms with Crippen molar-refractivity contribution in [3.8, 4) is 11.5 Å². The standard InChI is InChI=1S/C15H14ClN3O5/c1-9(15(20)18-11-4-3-7-17-14(11)16)24-13-8-10(19(21)22)5-6-12(13)23-2/h3-9H,1-2H3,(H,18,20)/t9-/m0/s1. The van der Waals surface area contributed by atoms with Crippen LogP contribution >= 0.6 is 11.6 Å². The highest BCUT2D eigenvalue weighted by Gasteiger charge is 2.20. The average molecular weight is 352 g/mol. The van der Waals surface area contributed by atoms with Crippen molar-refractivity contribution in [2.24, 2.45) is 0 Å². The van der Waals surface area contributed by atoms with Gasteiger partial charge in [-0.2, -0.15) is 0 Å². The molecule has 8 nitrogen and oxygen atoms in total. The molecule has 0 bridgehead atoms. The van der Waals surface area contributed by atoms with Crippen LogP contribution in [0, 0.1) is 10.1 Å². The molecule has 1 amide bonds. The molecule has 24 heavy (non-hydrogen) atoms. The largest absolute Gasteiger partial charge is 0.493 e. The average Bonchev–Trinajstić information content (AvgIpc) is 2.56. The Morgan fingerprint density at radius 1 is 1.38 bits per heavy atom. The molecule has 126 valence electrons. The fourth-order valence-electron chi connectivity index (χ4n) is 1.83. The van der Waals surface area contributed by atoms with E-state index >= 15 is 0 Å². The van der Waals surface area contributed by atoms with Gasteiger partial charge in [-0.25, -0.2) is 4.98 Å². The van der Waals surface area contributed by atoms with Crippen LogP contribution in [0.25, 0.3) is 0 Å². The highest BCUT2D eigenvalue weighted by atomic mass is 35.5. The van der Waals surface area contributed by atoms with Crippen molar-refractivity contribution in [1.82, 2.24) is 4.98 Å². The van der Waals surface area contributed by atoms with Crippen molar-refractivity contribution in [3.05, 3.63) is 51.8 Å². The number of rotatable bonds is 6. The number of methoxy groups -OCH3 is 1. The van der Waals surface area contributed by atoms with Crippen LogP contribution in [0.5, 0.6) is 11.5 Å². The van der Waals surface area contributed by atoms with E-state index in [0.717, 1.165) is 0 Å². The third kappa shape index (κ3) is 4.11. The zero-order chi connectivity index (χ0) is 17.7. The van der Waals surface area contributed by atoms with Gasteiger partial charge in [0, 0.05) is 12.3 Å². The number of nitro groups is 1. The number of amides is 1. The van der Waals surface area contributed by atoms with Crippen molar-refractivity contribution < 1.29 is 19.2 Å². The Morgan fingerprint density at radius 3 is 2.75 bits per heavy atom. The van der Waals surface area contributed by atoms with Crippen molar-refractivity contribution in [1.29, 1.82) is 0 Å². The van der Waals surface area contributed by atoms with Crippen LogP contribution in [0.4, 0.5) is 11.4 Å². The Morgan fingerprint density at radius 2 is 2.12 bits per heavy atom. The summed E-state index contributed by atoms with van der Waals surface area (Å²) in [5, 5.41) is 13.6. The zero-order valence-electron chi connectivity index (χ0n) is 12.9. The van der Waals surface area contributed by atoms with Gasteiger partial charge in [-0.15, -0.1) is 0 Å². The first-order chi connectivity index (χ1) is 11.4. The third-order valence-electron chi connectivity index (χ3n) is 3.05. The van der Waals surface area contributed by atoms with Crippen LogP contribution in [0.3, 0.4) is 0 Å². The molecule has 0 aliphatic carbocycles. The fourth-order valence-corrected chi connectivity index (χ4v) is 2.00. The fraction of sp³-hybridized carbons (Fsp3) is 0.200. The minimum Gasteiger partial charge on any atom is -0.493 e. The number of pyridine rings is 1. The van der Waals surface area contributed by atoms with E-state index in [1.54, 1.807) is 12.1 Å². The molecule has 1 aromatic carbocycles. The molecule has 2 aromatic rings. The highest BCUT2D eigenvalue weighted by molar-refractivity contribution is 6.32. The first-order valence-corrected chi connectivity index (χ1v) is 7.20. The summed E-state index contributed by atoms with van der Waals surface area (Å²) < 4.78 is 10.6. The lowest BCUT2D eigenvalue weighted by Gasteiger charge is -2.16. The van der Waals surface area contributed by atoms with Crippen molar-refractivity contribution in [2.45, 2.75) is 13.0 Å². The van der Waals surface area contributed by atoms with Gasteiger partial charge in [0.1, 0.15) is 0 Å². The third-order valence-corrected chi connectivity index (χ3v) is 3.35. The lowest BCUT2D eigenvalue weighted by atomic mass is 10.2. The van der Waals surface area contributed by atoms with E-state index in [1.807, 2.05) is 0 Å². The number of nitrogens with one attached hydrogen (secondary N) is 1. The molecular formula is C15H14ClN3O5. The molecule has 0 saturated heterocycles. The lowest BCUT2D eigenvalue weighted by molar-refractivity contribution is -0.385. The number of nitro benzene ring substituents is 1. The van der Waals surface area contributed by atoms with Gasteiger partial charge in [0.15, 0.2) is 22.8 Å². The van der Waals surface area contributed by atoms with Crippen molar-refractivity contribution in [3.63, 3.8) is 0 Å². The number of benzene rings is 1. The summed E-state index contributed by atoms with van der Waals surface area (Å²) in [6.45, 7) is 1.50. The van der Waals surface area contributed by atoms with E-state index in [0.29, 0.717) is 5.69 Å². The molecule has 0 spiro atoms. The molecule has 9 heteroatoms. The van der Waals surface area contributed by atoms with Crippen LogP contribution in [-0.4, -0.2) is 29.0 Å². The molecule has 0 saturated carbocycles. The van der Waals surface area contributed by atoms with Crippen LogP contribution in [0.15, 0.2) is 36.5 Å². The summed E-state index contributed by atoms with van der Waals surface area (Å²) in [6, 6.07) is 7.09. The molecule has 1 atom stereocenters. The Labute approximate surface area is 142 Å². The van der Waals surface area contributed by atoms with E-state index in [-0.39, 0.29) is 22.3 Å². The van der Waals surface area contributed by atoms with Gasteiger partial charge in [-0.05, 0) is 25.1 Å². The Kier molecular flexibility index (Phi) is 5.54. The normalized spacial score (nSPS) is 11.5. The van der Waals surface area contributed by atoms with E-state index in [1.165, 1.54) is 38.4 Å². The molecule has 0 unspecified atom stereocenters. The first kappa shape index (κ1) is 17.5. The Hall–Kier alpha value is -2.87. The predicted molar refractivity (Wildman–Crippen MR) is 87.6 cm³/mol. The number of hydrogen-bond donors (Lipinski definition) is 1. The number of ether oxygens (including phenoxy) is 2. The number of halogens is 1. The van der Waals surface area contributed by atoms with Gasteiger partial charge >= 0.3 is 0 Å². The van der Waals surface area contributed by atoms with Crippen LogP contribution in [-0.2, 0) is 4.79 Å². The highest BCUT2D eigenvalue weighted by Crippen LogP contribution is 2.32. The Balaban J connectivity index is 2.15. The molecule has 0 radical (unpaired) electrons. The summed E-state index contributed by atoms with van der Waals surface area (Å²) in [5.74, 6) is -0.121. The van der Waals surface area contributed by atoms with E-state index < -0.39 is 16.9 Å². The molecule has 1 heterocycles. The number of aromatic nitrogens is 1. The monoisotopic (exact) mass is 351 g/mol. The van der Waals surface area contributed by atoms with E-state index in [4.69, 9.17) is 21.1 Å². The number of carbonyl (C=O) groups is 1. The lowest BCUT2D eigenvalue weighted by Crippen LogP contribution is -2.30. The second-order valence-electron chi connectivity index (χ2n) is 4.68. The smallest absolute Gasteiger partial charge is 0.273 e. The maximum absolute atomic E-state index is 12.2. The summed E-state index contributed by atoms with van der Waals surface area (Å²) in [6.07, 6.45) is 0.545. The molecule has 2 rings (SSSR count).